The van der Waals surface area contributed by atoms with E-state index in [0.29, 0.717) is 5.39 Å². The lowest BCUT2D eigenvalue weighted by molar-refractivity contribution is -0.131. The molecule has 2 aromatic carbocycles. The highest BCUT2D eigenvalue weighted by Crippen LogP contribution is 2.28. The van der Waals surface area contributed by atoms with Crippen LogP contribution in [0.4, 0.5) is 0 Å². The number of pyridine rings is 1. The van der Waals surface area contributed by atoms with Crippen LogP contribution in [0.3, 0.4) is 0 Å². The molecule has 1 amide bonds. The number of hydroxylamine groups is 1. The van der Waals surface area contributed by atoms with E-state index in [1.807, 2.05) is 25.2 Å². The van der Waals surface area contributed by atoms with Crippen LogP contribution < -0.4 is 16.4 Å². The molecule has 3 N–H and O–H groups in total. The number of benzene rings is 2. The number of carbonyl (C=O) groups is 1. The van der Waals surface area contributed by atoms with E-state index < -0.39 is 20.5 Å². The zero-order chi connectivity index (χ0) is 27.4. The number of aromatic nitrogens is 1. The van der Waals surface area contributed by atoms with E-state index in [9.17, 15) is 18.0 Å². The van der Waals surface area contributed by atoms with Crippen molar-refractivity contribution >= 4 is 26.5 Å². The highest BCUT2D eigenvalue weighted by Gasteiger charge is 2.43. The Morgan fingerprint density at radius 1 is 1.16 bits per heavy atom. The number of fused-ring (bicyclic) bond motifs is 1. The number of nitrogens with one attached hydrogen (secondary N) is 2. The first-order valence-corrected chi connectivity index (χ1v) is 14.0. The van der Waals surface area contributed by atoms with Crippen LogP contribution in [-0.4, -0.2) is 67.2 Å². The summed E-state index contributed by atoms with van der Waals surface area (Å²) in [6.07, 6.45) is 2.37. The van der Waals surface area contributed by atoms with Gasteiger partial charge in [-0.05, 0) is 80.2 Å². The molecule has 1 aromatic heterocycles. The van der Waals surface area contributed by atoms with E-state index in [0.717, 1.165) is 48.0 Å². The van der Waals surface area contributed by atoms with Gasteiger partial charge in [0.25, 0.3) is 11.5 Å². The molecule has 0 unspecified atom stereocenters. The minimum Gasteiger partial charge on any atom is -0.318 e. The summed E-state index contributed by atoms with van der Waals surface area (Å²) in [6, 6.07) is 13.9. The molecular weight excluding hydrogens is 492 g/mol. The number of hydrogen-bond acceptors (Lipinski definition) is 7. The van der Waals surface area contributed by atoms with Gasteiger partial charge in [-0.25, -0.2) is 13.9 Å². The third kappa shape index (κ3) is 6.27. The molecule has 0 saturated heterocycles. The number of nitrogens with zero attached hydrogens (tertiary/aromatic N) is 2. The summed E-state index contributed by atoms with van der Waals surface area (Å²) in [5.41, 5.74) is 5.63. The Balaban J connectivity index is 1.85. The lowest BCUT2D eigenvalue weighted by Crippen LogP contribution is -2.49. The second-order valence-corrected chi connectivity index (χ2v) is 12.2. The van der Waals surface area contributed by atoms with Crippen molar-refractivity contribution in [1.82, 2.24) is 20.3 Å². The molecule has 3 aromatic rings. The fourth-order valence-corrected chi connectivity index (χ4v) is 5.24. The van der Waals surface area contributed by atoms with Gasteiger partial charge in [0.15, 0.2) is 14.6 Å². The Kier molecular flexibility index (Phi) is 8.91. The van der Waals surface area contributed by atoms with Crippen LogP contribution in [0.15, 0.2) is 53.5 Å². The molecule has 0 fully saturated rings. The maximum atomic E-state index is 13.1. The predicted molar refractivity (Wildman–Crippen MR) is 146 cm³/mol. The van der Waals surface area contributed by atoms with Crippen LogP contribution in [0.2, 0.25) is 0 Å². The van der Waals surface area contributed by atoms with Crippen LogP contribution in [0.1, 0.15) is 24.5 Å². The number of amides is 1. The van der Waals surface area contributed by atoms with Crippen molar-refractivity contribution in [3.63, 3.8) is 0 Å². The minimum absolute atomic E-state index is 0.00313. The first-order valence-electron chi connectivity index (χ1n) is 12.1. The Hall–Kier alpha value is -3.05. The van der Waals surface area contributed by atoms with Crippen molar-refractivity contribution in [2.75, 3.05) is 33.4 Å². The van der Waals surface area contributed by atoms with Crippen LogP contribution in [-0.2, 0) is 27.7 Å². The van der Waals surface area contributed by atoms with Gasteiger partial charge in [0.05, 0.1) is 0 Å². The smallest absolute Gasteiger partial charge is 0.264 e. The molecular formula is C27H36N4O5S. The molecule has 37 heavy (non-hydrogen) atoms. The molecule has 0 radical (unpaired) electrons. The van der Waals surface area contributed by atoms with Gasteiger partial charge in [-0.3, -0.25) is 14.8 Å². The van der Waals surface area contributed by atoms with Crippen LogP contribution in [0.5, 0.6) is 0 Å². The minimum atomic E-state index is -3.85. The number of likely N-dealkylation sites (N-methyl/N-ethyl adjacent to an activating group) is 2. The first-order chi connectivity index (χ1) is 17.4. The Bertz CT molecular complexity index is 1450. The van der Waals surface area contributed by atoms with E-state index >= 15 is 0 Å². The Morgan fingerprint density at radius 3 is 2.51 bits per heavy atom. The molecule has 200 valence electrons. The third-order valence-electron chi connectivity index (χ3n) is 7.00. The van der Waals surface area contributed by atoms with Crippen molar-refractivity contribution in [1.29, 1.82) is 0 Å². The van der Waals surface area contributed by atoms with Crippen LogP contribution in [0, 0.1) is 6.92 Å². The third-order valence-corrected chi connectivity index (χ3v) is 9.03. The molecule has 0 aliphatic carbocycles. The number of rotatable bonds is 11. The topological polar surface area (TPSA) is 121 Å². The van der Waals surface area contributed by atoms with E-state index in [4.69, 9.17) is 5.21 Å². The molecule has 0 spiro atoms. The normalized spacial score (nSPS) is 13.6. The highest BCUT2D eigenvalue weighted by atomic mass is 32.2. The molecule has 1 atom stereocenters. The van der Waals surface area contributed by atoms with E-state index in [1.165, 1.54) is 22.5 Å². The summed E-state index contributed by atoms with van der Waals surface area (Å²) in [5, 5.41) is 13.4. The van der Waals surface area contributed by atoms with Gasteiger partial charge >= 0.3 is 0 Å². The number of aryl methyl sites for hydroxylation is 2. The van der Waals surface area contributed by atoms with Crippen LogP contribution >= 0.6 is 0 Å². The van der Waals surface area contributed by atoms with Gasteiger partial charge in [-0.15, -0.1) is 0 Å². The van der Waals surface area contributed by atoms with Gasteiger partial charge < -0.3 is 14.8 Å². The molecule has 10 heteroatoms. The van der Waals surface area contributed by atoms with Gasteiger partial charge in [-0.1, -0.05) is 24.3 Å². The second-order valence-electron chi connectivity index (χ2n) is 9.80. The van der Waals surface area contributed by atoms with Crippen molar-refractivity contribution in [2.24, 2.45) is 0 Å². The summed E-state index contributed by atoms with van der Waals surface area (Å²) < 4.78 is 24.0. The average molecular weight is 529 g/mol. The molecule has 0 saturated carbocycles. The summed E-state index contributed by atoms with van der Waals surface area (Å²) in [6.45, 7) is 6.06. The van der Waals surface area contributed by atoms with Crippen LogP contribution in [0.25, 0.3) is 21.9 Å². The first kappa shape index (κ1) is 28.5. The highest BCUT2D eigenvalue weighted by molar-refractivity contribution is 7.92. The predicted octanol–water partition coefficient (Wildman–Crippen LogP) is 2.33. The lowest BCUT2D eigenvalue weighted by Gasteiger charge is -2.25. The van der Waals surface area contributed by atoms with E-state index in [1.54, 1.807) is 12.3 Å². The maximum Gasteiger partial charge on any atom is 0.264 e. The molecule has 1 heterocycles. The number of hydrogen-bond donors (Lipinski definition) is 3. The number of carbonyl (C=O) groups excluding carboxylic acids is 1. The second kappa shape index (κ2) is 11.6. The zero-order valence-corrected chi connectivity index (χ0v) is 22.9. The molecule has 0 aliphatic heterocycles. The van der Waals surface area contributed by atoms with Crippen molar-refractivity contribution < 1.29 is 18.4 Å². The summed E-state index contributed by atoms with van der Waals surface area (Å²) in [4.78, 5) is 27.5. The summed E-state index contributed by atoms with van der Waals surface area (Å²) >= 11 is 0. The zero-order valence-electron chi connectivity index (χ0n) is 22.0. The molecule has 9 nitrogen and oxygen atoms in total. The largest absolute Gasteiger partial charge is 0.318 e. The average Bonchev–Trinajstić information content (AvgIpc) is 2.85. The van der Waals surface area contributed by atoms with Crippen molar-refractivity contribution in [2.45, 2.75) is 38.1 Å². The summed E-state index contributed by atoms with van der Waals surface area (Å²) in [7, 11) is 0.192. The molecule has 0 aliphatic rings. The van der Waals surface area contributed by atoms with Gasteiger partial charge in [0.2, 0.25) is 0 Å². The fourth-order valence-electron chi connectivity index (χ4n) is 4.39. The van der Waals surface area contributed by atoms with Gasteiger partial charge in [-0.2, -0.15) is 0 Å². The monoisotopic (exact) mass is 528 g/mol. The summed E-state index contributed by atoms with van der Waals surface area (Å²) in [5.74, 6) is -1.03. The Labute approximate surface area is 218 Å². The number of sulfone groups is 1. The van der Waals surface area contributed by atoms with E-state index in [2.05, 4.69) is 42.4 Å². The SMILES string of the molecule is CNCCN(C)Cc1ccc(-c2ccc3c(=O)n(CC[C@](C)(C(=O)NO)S(C)(=O)=O)ccc3c2)c(C)c1. The quantitative estimate of drug-likeness (QED) is 0.258. The fraction of sp³-hybridized carbons (Fsp3) is 0.407. The molecule has 0 bridgehead atoms. The van der Waals surface area contributed by atoms with Gasteiger partial charge in [0, 0.05) is 44.0 Å². The van der Waals surface area contributed by atoms with Crippen molar-refractivity contribution in [3.05, 3.63) is 70.1 Å². The van der Waals surface area contributed by atoms with Crippen molar-refractivity contribution in [3.8, 4) is 11.1 Å². The van der Waals surface area contributed by atoms with Gasteiger partial charge in [0.1, 0.15) is 0 Å². The molecule has 3 rings (SSSR count). The maximum absolute atomic E-state index is 13.1. The lowest BCUT2D eigenvalue weighted by atomic mass is 9.96. The Morgan fingerprint density at radius 2 is 1.89 bits per heavy atom. The van der Waals surface area contributed by atoms with E-state index in [-0.39, 0.29) is 18.5 Å². The standard InChI is InChI=1S/C27H36N4O5S/c1-19-16-20(18-30(4)15-12-28-3)6-8-23(19)21-7-9-24-22(17-21)10-13-31(25(24)32)14-11-27(2,26(33)29-34)37(5,35)36/h6-10,13,16-17,28,34H,11-12,14-15,18H2,1-5H3,(H,29,33)/t27-/m1/s1.